The third kappa shape index (κ3) is 2.66. The fourth-order valence-electron chi connectivity index (χ4n) is 4.37. The molecule has 1 saturated heterocycles. The summed E-state index contributed by atoms with van der Waals surface area (Å²) in [7, 11) is 0. The number of hydrogen-bond donors (Lipinski definition) is 0. The van der Waals surface area contributed by atoms with Crippen molar-refractivity contribution in [2.75, 3.05) is 24.6 Å². The largest absolute Gasteiger partial charge is 0.466 e. The van der Waals surface area contributed by atoms with Gasteiger partial charge in [0.25, 0.3) is 5.71 Å². The molecular weight excluding hydrogens is 332 g/mol. The van der Waals surface area contributed by atoms with Gasteiger partial charge in [-0.15, -0.1) is 0 Å². The predicted molar refractivity (Wildman–Crippen MR) is 96.7 cm³/mol. The molecule has 0 aromatic carbocycles. The lowest BCUT2D eigenvalue weighted by atomic mass is 9.72. The number of allylic oxidation sites excluding steroid dienone is 1. The van der Waals surface area contributed by atoms with Gasteiger partial charge < -0.3 is 14.2 Å². The van der Waals surface area contributed by atoms with Crippen LogP contribution in [-0.2, 0) is 9.53 Å². The van der Waals surface area contributed by atoms with Crippen molar-refractivity contribution in [1.29, 1.82) is 0 Å². The third-order valence-corrected chi connectivity index (χ3v) is 5.56. The molecule has 2 aliphatic rings. The van der Waals surface area contributed by atoms with Crippen LogP contribution in [0.5, 0.6) is 0 Å². The number of nitrogens with zero attached hydrogens (tertiary/aromatic N) is 4. The highest BCUT2D eigenvalue weighted by Gasteiger charge is 2.45. The predicted octanol–water partition coefficient (Wildman–Crippen LogP) is 2.67. The second kappa shape index (κ2) is 6.37. The summed E-state index contributed by atoms with van der Waals surface area (Å²) in [5.41, 5.74) is 1.31. The highest BCUT2D eigenvalue weighted by molar-refractivity contribution is 5.88. The molecule has 4 rings (SSSR count). The van der Waals surface area contributed by atoms with Crippen LogP contribution in [0.2, 0.25) is 0 Å². The van der Waals surface area contributed by atoms with Gasteiger partial charge in [-0.05, 0) is 38.5 Å². The van der Waals surface area contributed by atoms with Crippen LogP contribution < -0.4 is 4.90 Å². The zero-order valence-electron chi connectivity index (χ0n) is 15.6. The molecule has 2 aromatic heterocycles. The topological polar surface area (TPSA) is 81.4 Å². The van der Waals surface area contributed by atoms with Crippen molar-refractivity contribution in [1.82, 2.24) is 15.1 Å². The van der Waals surface area contributed by atoms with Crippen LogP contribution in [-0.4, -0.2) is 40.8 Å². The van der Waals surface area contributed by atoms with E-state index in [1.165, 1.54) is 0 Å². The van der Waals surface area contributed by atoms with Crippen molar-refractivity contribution < 1.29 is 14.1 Å². The molecule has 1 aliphatic heterocycles. The summed E-state index contributed by atoms with van der Waals surface area (Å²) in [5.74, 6) is 2.02. The van der Waals surface area contributed by atoms with Gasteiger partial charge in [0.05, 0.1) is 18.2 Å². The maximum absolute atomic E-state index is 12.5. The minimum Gasteiger partial charge on any atom is -0.466 e. The van der Waals surface area contributed by atoms with Crippen molar-refractivity contribution >= 4 is 22.9 Å². The quantitative estimate of drug-likeness (QED) is 0.618. The number of aromatic nitrogens is 3. The number of hydrogen-bond acceptors (Lipinski definition) is 7. The molecular formula is C19H24N4O3. The molecule has 1 aliphatic carbocycles. The fourth-order valence-corrected chi connectivity index (χ4v) is 4.37. The summed E-state index contributed by atoms with van der Waals surface area (Å²) in [5, 5.41) is 4.91. The van der Waals surface area contributed by atoms with E-state index in [0.29, 0.717) is 24.1 Å². The lowest BCUT2D eigenvalue weighted by Crippen LogP contribution is -2.37. The van der Waals surface area contributed by atoms with Gasteiger partial charge in [-0.1, -0.05) is 24.2 Å². The van der Waals surface area contributed by atoms with Crippen molar-refractivity contribution in [3.63, 3.8) is 0 Å². The fraction of sp³-hybridized carbons (Fsp3) is 0.579. The van der Waals surface area contributed by atoms with Gasteiger partial charge in [0.1, 0.15) is 17.0 Å². The first-order chi connectivity index (χ1) is 12.5. The monoisotopic (exact) mass is 356 g/mol. The number of rotatable bonds is 3. The number of fused-ring (bicyclic) bond motifs is 2. The molecule has 0 bridgehead atoms. The Morgan fingerprint density at radius 1 is 1.31 bits per heavy atom. The minimum atomic E-state index is -0.114. The Labute approximate surface area is 152 Å². The summed E-state index contributed by atoms with van der Waals surface area (Å²) < 4.78 is 10.7. The molecule has 2 aromatic rings. The van der Waals surface area contributed by atoms with Gasteiger partial charge in [0.2, 0.25) is 0 Å². The molecule has 0 spiro atoms. The first-order valence-electron chi connectivity index (χ1n) is 9.20. The Bertz CT molecular complexity index is 875. The second-order valence-electron chi connectivity index (χ2n) is 7.30. The third-order valence-electron chi connectivity index (χ3n) is 5.56. The molecule has 26 heavy (non-hydrogen) atoms. The summed E-state index contributed by atoms with van der Waals surface area (Å²) in [6, 6.07) is 0. The average molecular weight is 356 g/mol. The zero-order valence-corrected chi connectivity index (χ0v) is 15.6. The number of ether oxygens (including phenoxy) is 1. The van der Waals surface area contributed by atoms with Crippen LogP contribution >= 0.6 is 0 Å². The molecule has 0 saturated carbocycles. The Balaban J connectivity index is 1.69. The number of carbonyl (C=O) groups excluding carboxylic acids is 1. The molecule has 1 fully saturated rings. The SMILES string of the molecule is CCOC(=O)[C@H]1[C@@H]2CN(c3nc(C)nc4onc(C)c34)C[C@@H]2C=C[C@@H]1C. The molecule has 4 atom stereocenters. The number of anilines is 1. The van der Waals surface area contributed by atoms with E-state index in [-0.39, 0.29) is 23.7 Å². The van der Waals surface area contributed by atoms with E-state index in [2.05, 4.69) is 39.1 Å². The summed E-state index contributed by atoms with van der Waals surface area (Å²) >= 11 is 0. The van der Waals surface area contributed by atoms with Gasteiger partial charge in [-0.3, -0.25) is 4.79 Å². The van der Waals surface area contributed by atoms with E-state index in [0.717, 1.165) is 30.0 Å². The molecule has 0 unspecified atom stereocenters. The highest BCUT2D eigenvalue weighted by Crippen LogP contribution is 2.42. The smallest absolute Gasteiger partial charge is 0.309 e. The Hall–Kier alpha value is -2.44. The Morgan fingerprint density at radius 3 is 2.88 bits per heavy atom. The van der Waals surface area contributed by atoms with Crippen LogP contribution in [0.4, 0.5) is 5.82 Å². The first-order valence-corrected chi connectivity index (χ1v) is 9.20. The number of carbonyl (C=O) groups is 1. The van der Waals surface area contributed by atoms with Crippen molar-refractivity contribution in [3.8, 4) is 0 Å². The minimum absolute atomic E-state index is 0.0913. The molecule has 3 heterocycles. The van der Waals surface area contributed by atoms with E-state index in [4.69, 9.17) is 9.26 Å². The Kier molecular flexibility index (Phi) is 4.17. The lowest BCUT2D eigenvalue weighted by Gasteiger charge is -2.31. The normalized spacial score (nSPS) is 27.8. The standard InChI is InChI=1S/C19H24N4O3/c1-5-25-19(24)15-10(2)6-7-13-8-23(9-14(13)15)17-16-11(3)22-26-18(16)21-12(4)20-17/h6-7,10,13-15H,5,8-9H2,1-4H3/t10-,13-,14+,15+/m0/s1. The van der Waals surface area contributed by atoms with Crippen LogP contribution in [0.25, 0.3) is 11.1 Å². The van der Waals surface area contributed by atoms with E-state index in [9.17, 15) is 4.79 Å². The lowest BCUT2D eigenvalue weighted by molar-refractivity contribution is -0.151. The van der Waals surface area contributed by atoms with Crippen molar-refractivity contribution in [2.24, 2.45) is 23.7 Å². The van der Waals surface area contributed by atoms with Crippen LogP contribution in [0.1, 0.15) is 25.4 Å². The first kappa shape index (κ1) is 17.0. The van der Waals surface area contributed by atoms with Gasteiger partial charge >= 0.3 is 5.97 Å². The summed E-state index contributed by atoms with van der Waals surface area (Å²) in [4.78, 5) is 23.8. The van der Waals surface area contributed by atoms with Crippen molar-refractivity contribution in [2.45, 2.75) is 27.7 Å². The number of esters is 1. The maximum atomic E-state index is 12.5. The van der Waals surface area contributed by atoms with Gasteiger partial charge in [-0.25, -0.2) is 4.98 Å². The summed E-state index contributed by atoms with van der Waals surface area (Å²) in [6.07, 6.45) is 4.40. The zero-order chi connectivity index (χ0) is 18.4. The molecule has 0 N–H and O–H groups in total. The van der Waals surface area contributed by atoms with E-state index in [1.807, 2.05) is 20.8 Å². The van der Waals surface area contributed by atoms with E-state index in [1.54, 1.807) is 0 Å². The summed E-state index contributed by atoms with van der Waals surface area (Å²) in [6.45, 7) is 9.70. The molecule has 138 valence electrons. The highest BCUT2D eigenvalue weighted by atomic mass is 16.5. The molecule has 7 heteroatoms. The van der Waals surface area contributed by atoms with Gasteiger partial charge in [0, 0.05) is 13.1 Å². The average Bonchev–Trinajstić information content (AvgIpc) is 3.18. The Morgan fingerprint density at radius 2 is 2.12 bits per heavy atom. The van der Waals surface area contributed by atoms with E-state index < -0.39 is 0 Å². The van der Waals surface area contributed by atoms with Crippen LogP contribution in [0.3, 0.4) is 0 Å². The maximum Gasteiger partial charge on any atom is 0.309 e. The molecule has 0 radical (unpaired) electrons. The van der Waals surface area contributed by atoms with Crippen molar-refractivity contribution in [3.05, 3.63) is 23.7 Å². The number of aryl methyl sites for hydroxylation is 2. The van der Waals surface area contributed by atoms with Gasteiger partial charge in [0.15, 0.2) is 0 Å². The van der Waals surface area contributed by atoms with E-state index >= 15 is 0 Å². The molecule has 0 amide bonds. The molecule has 7 nitrogen and oxygen atoms in total. The second-order valence-corrected chi connectivity index (χ2v) is 7.30. The van der Waals surface area contributed by atoms with Crippen LogP contribution in [0.15, 0.2) is 16.7 Å². The van der Waals surface area contributed by atoms with Crippen LogP contribution in [0, 0.1) is 37.5 Å². The van der Waals surface area contributed by atoms with Gasteiger partial charge in [-0.2, -0.15) is 4.98 Å².